The van der Waals surface area contributed by atoms with E-state index < -0.39 is 0 Å². The van der Waals surface area contributed by atoms with E-state index in [0.717, 1.165) is 16.9 Å². The molecule has 0 aliphatic heterocycles. The van der Waals surface area contributed by atoms with E-state index in [1.165, 1.54) is 0 Å². The van der Waals surface area contributed by atoms with Crippen molar-refractivity contribution in [3.05, 3.63) is 47.3 Å². The van der Waals surface area contributed by atoms with Gasteiger partial charge >= 0.3 is 5.97 Å². The van der Waals surface area contributed by atoms with Crippen LogP contribution in [-0.2, 0) is 4.74 Å². The number of benzene rings is 1. The highest BCUT2D eigenvalue weighted by Crippen LogP contribution is 2.22. The Bertz CT molecular complexity index is 615. The Labute approximate surface area is 119 Å². The fourth-order valence-corrected chi connectivity index (χ4v) is 2.11. The van der Waals surface area contributed by atoms with E-state index >= 15 is 0 Å². The molecule has 0 radical (unpaired) electrons. The first-order valence-corrected chi connectivity index (χ1v) is 6.87. The molecule has 20 heavy (non-hydrogen) atoms. The molecule has 0 unspecified atom stereocenters. The van der Waals surface area contributed by atoms with Crippen molar-refractivity contribution in [2.45, 2.75) is 33.6 Å². The Morgan fingerprint density at radius 1 is 1.35 bits per heavy atom. The van der Waals surface area contributed by atoms with Crippen LogP contribution in [0, 0.1) is 6.92 Å². The minimum atomic E-state index is -0.373. The van der Waals surface area contributed by atoms with E-state index in [0.29, 0.717) is 12.3 Å². The summed E-state index contributed by atoms with van der Waals surface area (Å²) in [6.07, 6.45) is 0. The third kappa shape index (κ3) is 2.74. The summed E-state index contributed by atoms with van der Waals surface area (Å²) in [4.78, 5) is 11.9. The summed E-state index contributed by atoms with van der Waals surface area (Å²) in [6, 6.07) is 9.81. The molecule has 2 aromatic rings. The zero-order chi connectivity index (χ0) is 14.7. The Morgan fingerprint density at radius 3 is 2.65 bits per heavy atom. The average Bonchev–Trinajstić information content (AvgIpc) is 2.84. The molecule has 4 nitrogen and oxygen atoms in total. The van der Waals surface area contributed by atoms with Gasteiger partial charge in [0.2, 0.25) is 0 Å². The van der Waals surface area contributed by atoms with Crippen LogP contribution in [0.3, 0.4) is 0 Å². The molecular formula is C16H20N2O2. The first-order valence-electron chi connectivity index (χ1n) is 6.87. The van der Waals surface area contributed by atoms with Gasteiger partial charge < -0.3 is 4.74 Å². The molecule has 106 valence electrons. The summed E-state index contributed by atoms with van der Waals surface area (Å²) >= 11 is 0. The van der Waals surface area contributed by atoms with Gasteiger partial charge in [-0.3, -0.25) is 0 Å². The Hall–Kier alpha value is -2.10. The minimum absolute atomic E-state index is 0.269. The number of esters is 1. The van der Waals surface area contributed by atoms with Crippen molar-refractivity contribution in [2.24, 2.45) is 0 Å². The first-order chi connectivity index (χ1) is 9.54. The summed E-state index contributed by atoms with van der Waals surface area (Å²) in [5.74, 6) is -0.105. The van der Waals surface area contributed by atoms with Gasteiger partial charge in [-0.15, -0.1) is 0 Å². The van der Waals surface area contributed by atoms with Crippen LogP contribution in [-0.4, -0.2) is 22.4 Å². The predicted molar refractivity (Wildman–Crippen MR) is 78.3 cm³/mol. The number of nitrogens with zero attached hydrogens (tertiary/aromatic N) is 2. The summed E-state index contributed by atoms with van der Waals surface area (Å²) in [6.45, 7) is 8.35. The zero-order valence-electron chi connectivity index (χ0n) is 12.4. The molecule has 0 bridgehead atoms. The van der Waals surface area contributed by atoms with Gasteiger partial charge in [-0.1, -0.05) is 32.0 Å². The van der Waals surface area contributed by atoms with E-state index in [-0.39, 0.29) is 11.9 Å². The molecule has 0 fully saturated rings. The third-order valence-electron chi connectivity index (χ3n) is 3.16. The second kappa shape index (κ2) is 5.90. The molecule has 0 aliphatic rings. The second-order valence-electron chi connectivity index (χ2n) is 5.03. The molecule has 1 aromatic heterocycles. The van der Waals surface area contributed by atoms with Gasteiger partial charge in [-0.2, -0.15) is 5.10 Å². The van der Waals surface area contributed by atoms with Gasteiger partial charge in [0.1, 0.15) is 0 Å². The van der Waals surface area contributed by atoms with Crippen molar-refractivity contribution < 1.29 is 9.53 Å². The molecule has 1 heterocycles. The molecular weight excluding hydrogens is 252 g/mol. The average molecular weight is 272 g/mol. The van der Waals surface area contributed by atoms with E-state index in [4.69, 9.17) is 4.74 Å². The lowest BCUT2D eigenvalue weighted by Crippen LogP contribution is -2.08. The fourth-order valence-electron chi connectivity index (χ4n) is 2.11. The largest absolute Gasteiger partial charge is 0.461 e. The van der Waals surface area contributed by atoms with Gasteiger partial charge in [-0.05, 0) is 37.5 Å². The Kier molecular flexibility index (Phi) is 4.23. The SMILES string of the molecule is CCOC(=O)c1cc(C(C)C)n(-c2ccccc2C)n1. The molecule has 0 saturated heterocycles. The molecule has 0 aliphatic carbocycles. The lowest BCUT2D eigenvalue weighted by Gasteiger charge is -2.11. The van der Waals surface area contributed by atoms with Crippen LogP contribution >= 0.6 is 0 Å². The summed E-state index contributed by atoms with van der Waals surface area (Å²) in [7, 11) is 0. The summed E-state index contributed by atoms with van der Waals surface area (Å²) in [5.41, 5.74) is 3.47. The number of ether oxygens (including phenoxy) is 1. The van der Waals surface area contributed by atoms with Gasteiger partial charge in [0.05, 0.1) is 12.3 Å². The van der Waals surface area contributed by atoms with E-state index in [1.807, 2.05) is 41.9 Å². The zero-order valence-corrected chi connectivity index (χ0v) is 12.4. The monoisotopic (exact) mass is 272 g/mol. The highest BCUT2D eigenvalue weighted by atomic mass is 16.5. The lowest BCUT2D eigenvalue weighted by molar-refractivity contribution is 0.0519. The third-order valence-corrected chi connectivity index (χ3v) is 3.16. The fraction of sp³-hybridized carbons (Fsp3) is 0.375. The van der Waals surface area contributed by atoms with Gasteiger partial charge in [0, 0.05) is 5.69 Å². The molecule has 0 spiro atoms. The van der Waals surface area contributed by atoms with Gasteiger partial charge in [0.25, 0.3) is 0 Å². The topological polar surface area (TPSA) is 44.1 Å². The maximum atomic E-state index is 11.9. The molecule has 0 saturated carbocycles. The number of hydrogen-bond acceptors (Lipinski definition) is 3. The van der Waals surface area contributed by atoms with Crippen molar-refractivity contribution in [2.75, 3.05) is 6.61 Å². The van der Waals surface area contributed by atoms with Crippen LogP contribution in [0.1, 0.15) is 48.4 Å². The predicted octanol–water partition coefficient (Wildman–Crippen LogP) is 3.48. The minimum Gasteiger partial charge on any atom is -0.461 e. The summed E-state index contributed by atoms with van der Waals surface area (Å²) < 4.78 is 6.87. The van der Waals surface area contributed by atoms with Crippen molar-refractivity contribution in [1.29, 1.82) is 0 Å². The van der Waals surface area contributed by atoms with Crippen molar-refractivity contribution in [3.63, 3.8) is 0 Å². The maximum Gasteiger partial charge on any atom is 0.358 e. The molecule has 2 rings (SSSR count). The lowest BCUT2D eigenvalue weighted by atomic mass is 10.1. The standard InChI is InChI=1S/C16H20N2O2/c1-5-20-16(19)13-10-15(11(2)3)18(17-13)14-9-7-6-8-12(14)4/h6-11H,5H2,1-4H3. The van der Waals surface area contributed by atoms with Crippen LogP contribution in [0.5, 0.6) is 0 Å². The molecule has 4 heteroatoms. The number of hydrogen-bond donors (Lipinski definition) is 0. The van der Waals surface area contributed by atoms with Crippen molar-refractivity contribution in [3.8, 4) is 5.69 Å². The summed E-state index contributed by atoms with van der Waals surface area (Å²) in [5, 5.41) is 4.42. The van der Waals surface area contributed by atoms with Gasteiger partial charge in [0.15, 0.2) is 5.69 Å². The first kappa shape index (κ1) is 14.3. The number of rotatable bonds is 4. The highest BCUT2D eigenvalue weighted by Gasteiger charge is 2.18. The van der Waals surface area contributed by atoms with Crippen LogP contribution in [0.25, 0.3) is 5.69 Å². The number of aryl methyl sites for hydroxylation is 1. The van der Waals surface area contributed by atoms with Crippen LogP contribution in [0.15, 0.2) is 30.3 Å². The highest BCUT2D eigenvalue weighted by molar-refractivity contribution is 5.87. The Balaban J connectivity index is 2.52. The molecule has 1 aromatic carbocycles. The van der Waals surface area contributed by atoms with Crippen molar-refractivity contribution in [1.82, 2.24) is 9.78 Å². The maximum absolute atomic E-state index is 11.9. The number of aromatic nitrogens is 2. The van der Waals surface area contributed by atoms with E-state index in [2.05, 4.69) is 18.9 Å². The van der Waals surface area contributed by atoms with Gasteiger partial charge in [-0.25, -0.2) is 9.48 Å². The van der Waals surface area contributed by atoms with Crippen LogP contribution < -0.4 is 0 Å². The Morgan fingerprint density at radius 2 is 2.05 bits per heavy atom. The smallest absolute Gasteiger partial charge is 0.358 e. The number of carbonyl (C=O) groups excluding carboxylic acids is 1. The normalized spacial score (nSPS) is 10.8. The number of carbonyl (C=O) groups is 1. The van der Waals surface area contributed by atoms with E-state index in [9.17, 15) is 4.79 Å². The molecule has 0 N–H and O–H groups in total. The molecule has 0 atom stereocenters. The van der Waals surface area contributed by atoms with Crippen LogP contribution in [0.4, 0.5) is 0 Å². The van der Waals surface area contributed by atoms with E-state index in [1.54, 1.807) is 6.92 Å². The quantitative estimate of drug-likeness (QED) is 0.800. The van der Waals surface area contributed by atoms with Crippen LogP contribution in [0.2, 0.25) is 0 Å². The van der Waals surface area contributed by atoms with Crippen molar-refractivity contribution >= 4 is 5.97 Å². The molecule has 0 amide bonds. The number of para-hydroxylation sites is 1. The second-order valence-corrected chi connectivity index (χ2v) is 5.03.